The summed E-state index contributed by atoms with van der Waals surface area (Å²) in [7, 11) is 0. The molecule has 3 aromatic rings. The maximum Gasteiger partial charge on any atom is 0.219 e. The lowest BCUT2D eigenvalue weighted by Crippen LogP contribution is -2.42. The second-order valence-electron chi connectivity index (χ2n) is 7.44. The number of fused-ring (bicyclic) bond motifs is 1. The van der Waals surface area contributed by atoms with Crippen LogP contribution in [0.15, 0.2) is 18.5 Å². The van der Waals surface area contributed by atoms with Gasteiger partial charge in [-0.1, -0.05) is 13.8 Å². The Morgan fingerprint density at radius 1 is 1.12 bits per heavy atom. The molecule has 0 unspecified atom stereocenters. The minimum atomic E-state index is 0.247. The molecule has 5 rings (SSSR count). The zero-order chi connectivity index (χ0) is 24.3. The lowest BCUT2D eigenvalue weighted by atomic mass is 10.3. The Hall–Kier alpha value is -2.09. The maximum absolute atomic E-state index is 7.49. The molecule has 5 heterocycles. The van der Waals surface area contributed by atoms with E-state index in [-0.39, 0.29) is 5.95 Å². The molecule has 0 aromatic carbocycles. The molecule has 186 valence electrons. The Morgan fingerprint density at radius 3 is 2.41 bits per heavy atom. The largest absolute Gasteiger partial charge is 0.378 e. The summed E-state index contributed by atoms with van der Waals surface area (Å²) in [6.07, 6.45) is 4.96. The van der Waals surface area contributed by atoms with Gasteiger partial charge in [-0.25, -0.2) is 19.9 Å². The van der Waals surface area contributed by atoms with Crippen LogP contribution in [0.4, 0.5) is 11.8 Å². The number of morpholine rings is 1. The van der Waals surface area contributed by atoms with Gasteiger partial charge >= 0.3 is 0 Å². The van der Waals surface area contributed by atoms with Gasteiger partial charge in [-0.15, -0.1) is 11.3 Å². The number of nitrogens with one attached hydrogen (secondary N) is 1. The van der Waals surface area contributed by atoms with Crippen LogP contribution >= 0.6 is 23.4 Å². The predicted molar refractivity (Wildman–Crippen MR) is 142 cm³/mol. The molecule has 0 atom stereocenters. The van der Waals surface area contributed by atoms with Crippen molar-refractivity contribution in [3.05, 3.63) is 23.3 Å². The van der Waals surface area contributed by atoms with Gasteiger partial charge in [0.25, 0.3) is 0 Å². The minimum Gasteiger partial charge on any atom is -0.378 e. The Labute approximate surface area is 209 Å². The van der Waals surface area contributed by atoms with Gasteiger partial charge in [0, 0.05) is 69.3 Å². The Morgan fingerprint density at radius 2 is 1.76 bits per heavy atom. The highest BCUT2D eigenvalue weighted by molar-refractivity contribution is 7.93. The van der Waals surface area contributed by atoms with Gasteiger partial charge in [-0.05, 0) is 18.1 Å². The van der Waals surface area contributed by atoms with Gasteiger partial charge < -0.3 is 25.2 Å². The van der Waals surface area contributed by atoms with E-state index < -0.39 is 0 Å². The molecule has 2 aliphatic heterocycles. The number of aromatic nitrogens is 4. The molecule has 0 saturated carbocycles. The molecular formula is C22H34N8O2S2. The van der Waals surface area contributed by atoms with E-state index in [0.717, 1.165) is 79.5 Å². The summed E-state index contributed by atoms with van der Waals surface area (Å²) in [5, 5.41) is 3.41. The third-order valence-electron chi connectivity index (χ3n) is 5.23. The number of piperazine rings is 1. The number of ether oxygens (including phenoxy) is 1. The molecular weight excluding hydrogens is 472 g/mol. The quantitative estimate of drug-likeness (QED) is 0.452. The normalized spacial score (nSPS) is 16.4. The summed E-state index contributed by atoms with van der Waals surface area (Å²) in [5.74, 6) is 1.85. The SMILES string of the molecule is CC.CSO.Nc1ncc(-c2nc(N3CCOCC3)c3sc(CN4CCNCC4)cc3n2)cn1. The first kappa shape index (κ1) is 26.5. The van der Waals surface area contributed by atoms with E-state index in [1.54, 1.807) is 30.0 Å². The van der Waals surface area contributed by atoms with E-state index in [9.17, 15) is 0 Å². The third-order valence-corrected chi connectivity index (χ3v) is 6.34. The van der Waals surface area contributed by atoms with Crippen molar-refractivity contribution in [2.24, 2.45) is 0 Å². The molecule has 0 bridgehead atoms. The zero-order valence-electron chi connectivity index (χ0n) is 20.0. The van der Waals surface area contributed by atoms with Crippen LogP contribution in [0.1, 0.15) is 18.7 Å². The molecule has 12 heteroatoms. The fourth-order valence-corrected chi connectivity index (χ4v) is 4.86. The molecule has 0 aliphatic carbocycles. The third kappa shape index (κ3) is 6.96. The molecule has 2 saturated heterocycles. The Bertz CT molecular complexity index is 1010. The first-order valence-electron chi connectivity index (χ1n) is 11.5. The molecule has 34 heavy (non-hydrogen) atoms. The van der Waals surface area contributed by atoms with Crippen molar-refractivity contribution in [1.82, 2.24) is 30.2 Å². The molecule has 10 nitrogen and oxygen atoms in total. The number of nitrogen functional groups attached to an aromatic ring is 1. The van der Waals surface area contributed by atoms with E-state index >= 15 is 0 Å². The van der Waals surface area contributed by atoms with Gasteiger partial charge in [0.15, 0.2) is 11.6 Å². The van der Waals surface area contributed by atoms with Gasteiger partial charge in [0.1, 0.15) is 0 Å². The van der Waals surface area contributed by atoms with E-state index in [1.807, 2.05) is 13.8 Å². The van der Waals surface area contributed by atoms with Crippen LogP contribution in [0.5, 0.6) is 0 Å². The van der Waals surface area contributed by atoms with Crippen molar-refractivity contribution in [3.8, 4) is 11.4 Å². The average molecular weight is 507 g/mol. The van der Waals surface area contributed by atoms with Crippen molar-refractivity contribution in [1.29, 1.82) is 0 Å². The molecule has 2 fully saturated rings. The van der Waals surface area contributed by atoms with Crippen molar-refractivity contribution in [2.45, 2.75) is 20.4 Å². The molecule has 4 N–H and O–H groups in total. The van der Waals surface area contributed by atoms with Gasteiger partial charge in [-0.3, -0.25) is 4.90 Å². The number of hydrogen-bond acceptors (Lipinski definition) is 12. The fraction of sp³-hybridized carbons (Fsp3) is 0.545. The number of nitrogens with zero attached hydrogens (tertiary/aromatic N) is 6. The smallest absolute Gasteiger partial charge is 0.219 e. The summed E-state index contributed by atoms with van der Waals surface area (Å²) >= 11 is 2.55. The highest BCUT2D eigenvalue weighted by Gasteiger charge is 2.21. The summed E-state index contributed by atoms with van der Waals surface area (Å²) in [5.41, 5.74) is 7.39. The number of thiophene rings is 1. The second-order valence-corrected chi connectivity index (χ2v) is 8.94. The van der Waals surface area contributed by atoms with Crippen LogP contribution < -0.4 is 16.0 Å². The first-order valence-corrected chi connectivity index (χ1v) is 13.5. The monoisotopic (exact) mass is 506 g/mol. The fourth-order valence-electron chi connectivity index (χ4n) is 3.70. The Balaban J connectivity index is 0.000000603. The van der Waals surface area contributed by atoms with Crippen molar-refractivity contribution in [3.63, 3.8) is 0 Å². The molecule has 0 amide bonds. The van der Waals surface area contributed by atoms with Gasteiger partial charge in [0.2, 0.25) is 5.95 Å². The minimum absolute atomic E-state index is 0.247. The summed E-state index contributed by atoms with van der Waals surface area (Å²) in [4.78, 5) is 24.0. The molecule has 0 radical (unpaired) electrons. The predicted octanol–water partition coefficient (Wildman–Crippen LogP) is 2.82. The van der Waals surface area contributed by atoms with Crippen molar-refractivity contribution in [2.75, 3.05) is 69.4 Å². The second kappa shape index (κ2) is 13.7. The summed E-state index contributed by atoms with van der Waals surface area (Å²) in [6.45, 7) is 12.3. The average Bonchev–Trinajstić information content (AvgIpc) is 3.29. The van der Waals surface area contributed by atoms with Gasteiger partial charge in [0.05, 0.1) is 29.0 Å². The summed E-state index contributed by atoms with van der Waals surface area (Å²) < 4.78 is 14.2. The lowest BCUT2D eigenvalue weighted by molar-refractivity contribution is 0.122. The van der Waals surface area contributed by atoms with Crippen LogP contribution in [0.2, 0.25) is 0 Å². The standard InChI is InChI=1S/C19H24N8OS.C2H6.CH4OS/c20-19-22-10-13(11-23-19)17-24-15-9-14(12-26-3-1-21-2-4-26)29-16(15)18(25-17)27-5-7-28-8-6-27;1-2;1-3-2/h9-11,21H,1-8,12H2,(H2,20,22,23);1-2H3;2H,1H3. The molecule has 3 aromatic heterocycles. The van der Waals surface area contributed by atoms with Crippen molar-refractivity contribution >= 4 is 45.4 Å². The van der Waals surface area contributed by atoms with E-state index in [4.69, 9.17) is 25.0 Å². The zero-order valence-corrected chi connectivity index (χ0v) is 21.7. The van der Waals surface area contributed by atoms with E-state index in [0.29, 0.717) is 19.0 Å². The van der Waals surface area contributed by atoms with Crippen LogP contribution in [0.3, 0.4) is 0 Å². The van der Waals surface area contributed by atoms with Gasteiger partial charge in [-0.2, -0.15) is 0 Å². The lowest BCUT2D eigenvalue weighted by Gasteiger charge is -2.28. The number of nitrogens with two attached hydrogens (primary N) is 1. The van der Waals surface area contributed by atoms with E-state index in [2.05, 4.69) is 31.2 Å². The molecule has 0 spiro atoms. The maximum atomic E-state index is 7.49. The molecule has 2 aliphatic rings. The highest BCUT2D eigenvalue weighted by atomic mass is 32.2. The van der Waals surface area contributed by atoms with Crippen LogP contribution in [-0.4, -0.2) is 88.1 Å². The first-order chi connectivity index (χ1) is 16.7. The van der Waals surface area contributed by atoms with Crippen LogP contribution in [0, 0.1) is 0 Å². The van der Waals surface area contributed by atoms with Crippen LogP contribution in [0.25, 0.3) is 21.6 Å². The topological polar surface area (TPSA) is 126 Å². The number of anilines is 2. The number of hydrogen-bond donors (Lipinski definition) is 3. The Kier molecular flexibility index (Phi) is 10.7. The number of rotatable bonds is 4. The summed E-state index contributed by atoms with van der Waals surface area (Å²) in [6, 6.07) is 2.20. The van der Waals surface area contributed by atoms with Crippen molar-refractivity contribution < 1.29 is 9.29 Å². The highest BCUT2D eigenvalue weighted by Crippen LogP contribution is 2.34. The van der Waals surface area contributed by atoms with Crippen LogP contribution in [-0.2, 0) is 11.3 Å². The van der Waals surface area contributed by atoms with E-state index in [1.165, 1.54) is 4.88 Å².